The average molecular weight is 398 g/mol. The Morgan fingerprint density at radius 3 is 2.28 bits per heavy atom. The Labute approximate surface area is 173 Å². The third-order valence-corrected chi connectivity index (χ3v) is 5.17. The number of nitrogens with one attached hydrogen (secondary N) is 1. The van der Waals surface area contributed by atoms with E-state index in [1.54, 1.807) is 7.11 Å². The molecule has 0 aromatic heterocycles. The molecular weight excluding hydrogens is 366 g/mol. The molecule has 156 valence electrons. The van der Waals surface area contributed by atoms with Gasteiger partial charge >= 0.3 is 0 Å². The fourth-order valence-electron chi connectivity index (χ4n) is 3.39. The maximum absolute atomic E-state index is 11.9. The van der Waals surface area contributed by atoms with E-state index >= 15 is 0 Å². The lowest BCUT2D eigenvalue weighted by Gasteiger charge is -2.36. The van der Waals surface area contributed by atoms with Crippen LogP contribution < -0.4 is 19.7 Å². The summed E-state index contributed by atoms with van der Waals surface area (Å²) in [6.07, 6.45) is 0.943. The van der Waals surface area contributed by atoms with E-state index in [0.29, 0.717) is 6.54 Å². The number of ether oxygens (including phenoxy) is 2. The van der Waals surface area contributed by atoms with Gasteiger partial charge in [-0.25, -0.2) is 0 Å². The van der Waals surface area contributed by atoms with Crippen molar-refractivity contribution in [3.63, 3.8) is 0 Å². The van der Waals surface area contributed by atoms with E-state index in [1.807, 2.05) is 43.3 Å². The zero-order valence-corrected chi connectivity index (χ0v) is 17.4. The van der Waals surface area contributed by atoms with E-state index in [0.717, 1.165) is 50.6 Å². The Balaban J connectivity index is 1.27. The Bertz CT molecular complexity index is 754. The van der Waals surface area contributed by atoms with E-state index in [1.165, 1.54) is 11.3 Å². The SMILES string of the molecule is COc1ccc(N2CCN(CCCNC(=O)COc3ccc(C)cc3)CC2)cc1. The van der Waals surface area contributed by atoms with Gasteiger partial charge in [0.25, 0.3) is 5.91 Å². The van der Waals surface area contributed by atoms with Crippen molar-refractivity contribution in [2.24, 2.45) is 0 Å². The molecule has 1 fully saturated rings. The normalized spacial score (nSPS) is 14.5. The molecule has 2 aromatic carbocycles. The summed E-state index contributed by atoms with van der Waals surface area (Å²) < 4.78 is 10.7. The molecule has 1 heterocycles. The predicted molar refractivity (Wildman–Crippen MR) is 116 cm³/mol. The van der Waals surface area contributed by atoms with E-state index in [4.69, 9.17) is 9.47 Å². The van der Waals surface area contributed by atoms with Crippen LogP contribution in [0.1, 0.15) is 12.0 Å². The summed E-state index contributed by atoms with van der Waals surface area (Å²) in [5.74, 6) is 1.54. The van der Waals surface area contributed by atoms with E-state index in [-0.39, 0.29) is 12.5 Å². The van der Waals surface area contributed by atoms with Crippen LogP contribution in [0.15, 0.2) is 48.5 Å². The van der Waals surface area contributed by atoms with Gasteiger partial charge in [-0.3, -0.25) is 9.69 Å². The molecular formula is C23H31N3O3. The molecule has 1 amide bonds. The van der Waals surface area contributed by atoms with Crippen LogP contribution in [0.5, 0.6) is 11.5 Å². The average Bonchev–Trinajstić information content (AvgIpc) is 2.77. The van der Waals surface area contributed by atoms with Gasteiger partial charge in [-0.15, -0.1) is 0 Å². The van der Waals surface area contributed by atoms with Crippen LogP contribution in [0.25, 0.3) is 0 Å². The maximum atomic E-state index is 11.9. The number of nitrogens with zero attached hydrogens (tertiary/aromatic N) is 2. The molecule has 0 bridgehead atoms. The second kappa shape index (κ2) is 10.7. The number of methoxy groups -OCH3 is 1. The number of hydrogen-bond donors (Lipinski definition) is 1. The highest BCUT2D eigenvalue weighted by atomic mass is 16.5. The van der Waals surface area contributed by atoms with Crippen molar-refractivity contribution >= 4 is 11.6 Å². The third-order valence-electron chi connectivity index (χ3n) is 5.17. The highest BCUT2D eigenvalue weighted by molar-refractivity contribution is 5.77. The molecule has 0 radical (unpaired) electrons. The molecule has 2 aromatic rings. The molecule has 0 unspecified atom stereocenters. The smallest absolute Gasteiger partial charge is 0.257 e. The number of amides is 1. The molecule has 0 spiro atoms. The molecule has 1 aliphatic heterocycles. The van der Waals surface area contributed by atoms with Crippen LogP contribution in [0.3, 0.4) is 0 Å². The minimum Gasteiger partial charge on any atom is -0.497 e. The minimum atomic E-state index is -0.0742. The summed E-state index contributed by atoms with van der Waals surface area (Å²) >= 11 is 0. The fourth-order valence-corrected chi connectivity index (χ4v) is 3.39. The molecule has 6 nitrogen and oxygen atoms in total. The van der Waals surface area contributed by atoms with Gasteiger partial charge in [-0.1, -0.05) is 17.7 Å². The van der Waals surface area contributed by atoms with E-state index in [9.17, 15) is 4.79 Å². The summed E-state index contributed by atoms with van der Waals surface area (Å²) in [4.78, 5) is 16.8. The van der Waals surface area contributed by atoms with Crippen LogP contribution in [0.2, 0.25) is 0 Å². The van der Waals surface area contributed by atoms with Gasteiger partial charge in [0, 0.05) is 38.4 Å². The molecule has 3 rings (SSSR count). The maximum Gasteiger partial charge on any atom is 0.257 e. The van der Waals surface area contributed by atoms with E-state index < -0.39 is 0 Å². The Hall–Kier alpha value is -2.73. The number of aryl methyl sites for hydroxylation is 1. The molecule has 0 aliphatic carbocycles. The first kappa shape index (κ1) is 21.0. The van der Waals surface area contributed by atoms with Crippen molar-refractivity contribution in [1.82, 2.24) is 10.2 Å². The number of rotatable bonds is 9. The zero-order chi connectivity index (χ0) is 20.5. The summed E-state index contributed by atoms with van der Waals surface area (Å²) in [5, 5.41) is 2.94. The van der Waals surface area contributed by atoms with Crippen LogP contribution in [-0.2, 0) is 4.79 Å². The van der Waals surface area contributed by atoms with Crippen molar-refractivity contribution in [2.45, 2.75) is 13.3 Å². The topological polar surface area (TPSA) is 54.0 Å². The van der Waals surface area contributed by atoms with E-state index in [2.05, 4.69) is 27.2 Å². The molecule has 0 saturated carbocycles. The first-order valence-corrected chi connectivity index (χ1v) is 10.2. The second-order valence-electron chi connectivity index (χ2n) is 7.33. The van der Waals surface area contributed by atoms with Gasteiger partial charge in [0.15, 0.2) is 6.61 Å². The van der Waals surface area contributed by atoms with Gasteiger partial charge in [0.2, 0.25) is 0 Å². The third kappa shape index (κ3) is 6.68. The van der Waals surface area contributed by atoms with Crippen LogP contribution in [-0.4, -0.2) is 63.8 Å². The summed E-state index contributed by atoms with van der Waals surface area (Å²) in [6, 6.07) is 16.0. The standard InChI is InChI=1S/C23H31N3O3/c1-19-4-8-22(9-5-19)29-18-23(27)24-12-3-13-25-14-16-26(17-15-25)20-6-10-21(28-2)11-7-20/h4-11H,3,12-18H2,1-2H3,(H,24,27). The lowest BCUT2D eigenvalue weighted by atomic mass is 10.2. The number of benzene rings is 2. The fraction of sp³-hybridized carbons (Fsp3) is 0.435. The Morgan fingerprint density at radius 2 is 1.62 bits per heavy atom. The first-order valence-electron chi connectivity index (χ1n) is 10.2. The van der Waals surface area contributed by atoms with Gasteiger partial charge in [0.05, 0.1) is 7.11 Å². The summed E-state index contributed by atoms with van der Waals surface area (Å²) in [6.45, 7) is 7.86. The van der Waals surface area contributed by atoms with Crippen molar-refractivity contribution in [1.29, 1.82) is 0 Å². The largest absolute Gasteiger partial charge is 0.497 e. The highest BCUT2D eigenvalue weighted by Crippen LogP contribution is 2.20. The van der Waals surface area contributed by atoms with Gasteiger partial charge in [-0.05, 0) is 56.3 Å². The number of hydrogen-bond acceptors (Lipinski definition) is 5. The van der Waals surface area contributed by atoms with Crippen molar-refractivity contribution in [3.8, 4) is 11.5 Å². The molecule has 0 atom stereocenters. The first-order chi connectivity index (χ1) is 14.1. The number of carbonyl (C=O) groups is 1. The van der Waals surface area contributed by atoms with Crippen molar-refractivity contribution < 1.29 is 14.3 Å². The number of piperazine rings is 1. The number of carbonyl (C=O) groups excluding carboxylic acids is 1. The number of anilines is 1. The minimum absolute atomic E-state index is 0.0591. The van der Waals surface area contributed by atoms with Crippen LogP contribution >= 0.6 is 0 Å². The Kier molecular flexibility index (Phi) is 7.76. The quantitative estimate of drug-likeness (QED) is 0.660. The molecule has 1 N–H and O–H groups in total. The highest BCUT2D eigenvalue weighted by Gasteiger charge is 2.16. The van der Waals surface area contributed by atoms with Crippen LogP contribution in [0.4, 0.5) is 5.69 Å². The second-order valence-corrected chi connectivity index (χ2v) is 7.33. The zero-order valence-electron chi connectivity index (χ0n) is 17.4. The lowest BCUT2D eigenvalue weighted by Crippen LogP contribution is -2.47. The van der Waals surface area contributed by atoms with Gasteiger partial charge < -0.3 is 19.7 Å². The Morgan fingerprint density at radius 1 is 0.966 bits per heavy atom. The predicted octanol–water partition coefficient (Wildman–Crippen LogP) is 2.71. The molecule has 1 aliphatic rings. The summed E-state index contributed by atoms with van der Waals surface area (Å²) in [5.41, 5.74) is 2.41. The van der Waals surface area contributed by atoms with Crippen molar-refractivity contribution in [2.75, 3.05) is 57.9 Å². The molecule has 1 saturated heterocycles. The monoisotopic (exact) mass is 397 g/mol. The molecule has 6 heteroatoms. The van der Waals surface area contributed by atoms with Gasteiger partial charge in [-0.2, -0.15) is 0 Å². The van der Waals surface area contributed by atoms with Crippen molar-refractivity contribution in [3.05, 3.63) is 54.1 Å². The molecule has 29 heavy (non-hydrogen) atoms. The lowest BCUT2D eigenvalue weighted by molar-refractivity contribution is -0.123. The summed E-state index contributed by atoms with van der Waals surface area (Å²) in [7, 11) is 1.69. The van der Waals surface area contributed by atoms with Crippen LogP contribution in [0, 0.1) is 6.92 Å². The van der Waals surface area contributed by atoms with Gasteiger partial charge in [0.1, 0.15) is 11.5 Å².